The van der Waals surface area contributed by atoms with E-state index < -0.39 is 10.0 Å². The van der Waals surface area contributed by atoms with Crippen molar-refractivity contribution in [1.82, 2.24) is 9.38 Å². The molecule has 2 aromatic heterocycles. The molecule has 0 atom stereocenters. The zero-order valence-corrected chi connectivity index (χ0v) is 13.1. The largest absolute Gasteiger partial charge is 0.297 e. The summed E-state index contributed by atoms with van der Waals surface area (Å²) in [6.07, 6.45) is 4.52. The number of hydrogen-bond donors (Lipinski definition) is 1. The van der Waals surface area contributed by atoms with Crippen molar-refractivity contribution in [2.24, 2.45) is 0 Å². The molecule has 3 rings (SSSR count). The fourth-order valence-electron chi connectivity index (χ4n) is 2.07. The number of hydrogen-bond acceptors (Lipinski definition) is 4. The SMILES string of the molecule is CCCS(=O)(=O)Nc1ccc(-c2cn3ccsc3n2)cc1. The highest BCUT2D eigenvalue weighted by molar-refractivity contribution is 7.92. The van der Waals surface area contributed by atoms with E-state index in [0.717, 1.165) is 16.2 Å². The highest BCUT2D eigenvalue weighted by atomic mass is 32.2. The van der Waals surface area contributed by atoms with E-state index in [0.29, 0.717) is 12.1 Å². The summed E-state index contributed by atoms with van der Waals surface area (Å²) in [6, 6.07) is 7.26. The second-order valence-corrected chi connectivity index (χ2v) is 7.43. The summed E-state index contributed by atoms with van der Waals surface area (Å²) in [5.74, 6) is 0.131. The Hall–Kier alpha value is -1.86. The Morgan fingerprint density at radius 2 is 2.05 bits per heavy atom. The number of rotatable bonds is 5. The molecule has 0 saturated carbocycles. The van der Waals surface area contributed by atoms with Gasteiger partial charge in [-0.25, -0.2) is 13.4 Å². The Labute approximate surface area is 127 Å². The highest BCUT2D eigenvalue weighted by Gasteiger charge is 2.09. The number of nitrogens with one attached hydrogen (secondary N) is 1. The Bertz CT molecular complexity index is 819. The molecular weight excluding hydrogens is 306 g/mol. The van der Waals surface area contributed by atoms with Crippen molar-refractivity contribution < 1.29 is 8.42 Å². The van der Waals surface area contributed by atoms with Crippen LogP contribution >= 0.6 is 11.3 Å². The van der Waals surface area contributed by atoms with E-state index >= 15 is 0 Å². The zero-order valence-electron chi connectivity index (χ0n) is 11.5. The third-order valence-electron chi connectivity index (χ3n) is 3.02. The molecule has 0 aliphatic heterocycles. The molecule has 2 heterocycles. The number of imidazole rings is 1. The van der Waals surface area contributed by atoms with Crippen LogP contribution in [0.15, 0.2) is 42.0 Å². The number of nitrogens with zero attached hydrogens (tertiary/aromatic N) is 2. The van der Waals surface area contributed by atoms with Crippen LogP contribution < -0.4 is 4.72 Å². The number of thiazole rings is 1. The second kappa shape index (κ2) is 5.50. The van der Waals surface area contributed by atoms with Gasteiger partial charge in [0, 0.05) is 29.0 Å². The van der Waals surface area contributed by atoms with Gasteiger partial charge < -0.3 is 0 Å². The minimum Gasteiger partial charge on any atom is -0.297 e. The highest BCUT2D eigenvalue weighted by Crippen LogP contribution is 2.23. The molecule has 0 radical (unpaired) electrons. The van der Waals surface area contributed by atoms with E-state index in [9.17, 15) is 8.42 Å². The number of anilines is 1. The summed E-state index contributed by atoms with van der Waals surface area (Å²) in [5, 5.41) is 1.98. The standard InChI is InChI=1S/C14H15N3O2S2/c1-2-9-21(18,19)16-12-5-3-11(4-6-12)13-10-17-7-8-20-14(17)15-13/h3-8,10,16H,2,9H2,1H3. The summed E-state index contributed by atoms with van der Waals surface area (Å²) >= 11 is 1.58. The molecule has 7 heteroatoms. The molecule has 1 aromatic carbocycles. The predicted octanol–water partition coefficient (Wildman–Crippen LogP) is 3.21. The fraction of sp³-hybridized carbons (Fsp3) is 0.214. The first kappa shape index (κ1) is 14.1. The molecule has 0 spiro atoms. The van der Waals surface area contributed by atoms with Crippen LogP contribution in [0, 0.1) is 0 Å². The molecule has 21 heavy (non-hydrogen) atoms. The summed E-state index contributed by atoms with van der Waals surface area (Å²) in [5.41, 5.74) is 2.42. The lowest BCUT2D eigenvalue weighted by Crippen LogP contribution is -2.15. The third-order valence-corrected chi connectivity index (χ3v) is 5.28. The molecule has 110 valence electrons. The van der Waals surface area contributed by atoms with Crippen LogP contribution in [-0.4, -0.2) is 23.6 Å². The molecule has 0 unspecified atom stereocenters. The smallest absolute Gasteiger partial charge is 0.232 e. The van der Waals surface area contributed by atoms with Gasteiger partial charge in [-0.2, -0.15) is 0 Å². The Morgan fingerprint density at radius 1 is 1.29 bits per heavy atom. The van der Waals surface area contributed by atoms with E-state index in [-0.39, 0.29) is 5.75 Å². The molecule has 0 bridgehead atoms. The predicted molar refractivity (Wildman–Crippen MR) is 86.2 cm³/mol. The summed E-state index contributed by atoms with van der Waals surface area (Å²) in [4.78, 5) is 5.46. The molecule has 5 nitrogen and oxygen atoms in total. The summed E-state index contributed by atoms with van der Waals surface area (Å²) in [6.45, 7) is 1.84. The van der Waals surface area contributed by atoms with Crippen molar-refractivity contribution in [1.29, 1.82) is 0 Å². The van der Waals surface area contributed by atoms with Gasteiger partial charge in [-0.1, -0.05) is 19.1 Å². The topological polar surface area (TPSA) is 63.5 Å². The Kier molecular flexibility index (Phi) is 3.69. The van der Waals surface area contributed by atoms with E-state index in [4.69, 9.17) is 0 Å². The first-order valence-corrected chi connectivity index (χ1v) is 9.14. The van der Waals surface area contributed by atoms with Crippen LogP contribution in [0.3, 0.4) is 0 Å². The fourth-order valence-corrected chi connectivity index (χ4v) is 3.91. The maximum absolute atomic E-state index is 11.7. The van der Waals surface area contributed by atoms with Crippen LogP contribution in [0.4, 0.5) is 5.69 Å². The minimum atomic E-state index is -3.24. The average molecular weight is 321 g/mol. The van der Waals surface area contributed by atoms with Gasteiger partial charge in [0.15, 0.2) is 4.96 Å². The van der Waals surface area contributed by atoms with Gasteiger partial charge in [0.2, 0.25) is 10.0 Å². The van der Waals surface area contributed by atoms with Crippen molar-refractivity contribution in [3.8, 4) is 11.3 Å². The van der Waals surface area contributed by atoms with Gasteiger partial charge in [-0.05, 0) is 18.6 Å². The van der Waals surface area contributed by atoms with Crippen molar-refractivity contribution in [2.45, 2.75) is 13.3 Å². The summed E-state index contributed by atoms with van der Waals surface area (Å²) in [7, 11) is -3.24. The van der Waals surface area contributed by atoms with E-state index in [1.807, 2.05) is 41.2 Å². The first-order valence-electron chi connectivity index (χ1n) is 6.60. The number of fused-ring (bicyclic) bond motifs is 1. The van der Waals surface area contributed by atoms with Crippen LogP contribution in [0.1, 0.15) is 13.3 Å². The number of sulfonamides is 1. The van der Waals surface area contributed by atoms with Crippen LogP contribution in [0.2, 0.25) is 0 Å². The third kappa shape index (κ3) is 3.08. The molecule has 0 fully saturated rings. The van der Waals surface area contributed by atoms with Gasteiger partial charge in [-0.3, -0.25) is 9.12 Å². The van der Waals surface area contributed by atoms with Gasteiger partial charge in [0.05, 0.1) is 11.4 Å². The van der Waals surface area contributed by atoms with Crippen LogP contribution in [-0.2, 0) is 10.0 Å². The van der Waals surface area contributed by atoms with E-state index in [2.05, 4.69) is 9.71 Å². The zero-order chi connectivity index (χ0) is 14.9. The molecular formula is C14H15N3O2S2. The molecule has 0 aliphatic rings. The molecule has 3 aromatic rings. The maximum Gasteiger partial charge on any atom is 0.232 e. The van der Waals surface area contributed by atoms with Crippen molar-refractivity contribution in [3.05, 3.63) is 42.0 Å². The van der Waals surface area contributed by atoms with Gasteiger partial charge in [0.25, 0.3) is 0 Å². The molecule has 1 N–H and O–H groups in total. The lowest BCUT2D eigenvalue weighted by molar-refractivity contribution is 0.600. The lowest BCUT2D eigenvalue weighted by Gasteiger charge is -2.07. The van der Waals surface area contributed by atoms with Crippen LogP contribution in [0.5, 0.6) is 0 Å². The van der Waals surface area contributed by atoms with Gasteiger partial charge in [0.1, 0.15) is 0 Å². The normalized spacial score (nSPS) is 11.9. The lowest BCUT2D eigenvalue weighted by atomic mass is 10.1. The number of aromatic nitrogens is 2. The van der Waals surface area contributed by atoms with Crippen LogP contribution in [0.25, 0.3) is 16.2 Å². The average Bonchev–Trinajstić information content (AvgIpc) is 2.99. The van der Waals surface area contributed by atoms with E-state index in [1.165, 1.54) is 0 Å². The van der Waals surface area contributed by atoms with E-state index in [1.54, 1.807) is 23.5 Å². The monoisotopic (exact) mass is 321 g/mol. The molecule has 0 saturated heterocycles. The van der Waals surface area contributed by atoms with Crippen molar-refractivity contribution in [2.75, 3.05) is 10.5 Å². The van der Waals surface area contributed by atoms with Gasteiger partial charge in [-0.15, -0.1) is 11.3 Å². The Morgan fingerprint density at radius 3 is 2.71 bits per heavy atom. The Balaban J connectivity index is 1.82. The minimum absolute atomic E-state index is 0.131. The van der Waals surface area contributed by atoms with Gasteiger partial charge >= 0.3 is 0 Å². The molecule has 0 aliphatic carbocycles. The summed E-state index contributed by atoms with van der Waals surface area (Å²) < 4.78 is 28.0. The quantitative estimate of drug-likeness (QED) is 0.785. The maximum atomic E-state index is 11.7. The number of benzene rings is 1. The molecule has 0 amide bonds. The van der Waals surface area contributed by atoms with Crippen molar-refractivity contribution in [3.63, 3.8) is 0 Å². The second-order valence-electron chi connectivity index (χ2n) is 4.72. The first-order chi connectivity index (χ1) is 10.1. The van der Waals surface area contributed by atoms with Crippen molar-refractivity contribution >= 4 is 32.0 Å².